The number of aryl methyl sites for hydroxylation is 2. The van der Waals surface area contributed by atoms with Gasteiger partial charge in [-0.05, 0) is 52.2 Å². The van der Waals surface area contributed by atoms with Crippen molar-refractivity contribution in [1.29, 1.82) is 0 Å². The first-order chi connectivity index (χ1) is 12.9. The molecule has 1 unspecified atom stereocenters. The molecule has 0 saturated carbocycles. The van der Waals surface area contributed by atoms with Gasteiger partial charge in [0.05, 0.1) is 0 Å². The van der Waals surface area contributed by atoms with Gasteiger partial charge in [-0.1, -0.05) is 6.07 Å². The van der Waals surface area contributed by atoms with Crippen LogP contribution in [0.15, 0.2) is 24.4 Å². The van der Waals surface area contributed by atoms with Crippen LogP contribution >= 0.6 is 0 Å². The highest BCUT2D eigenvalue weighted by atomic mass is 16.1. The van der Waals surface area contributed by atoms with Crippen LogP contribution in [0.3, 0.4) is 0 Å². The summed E-state index contributed by atoms with van der Waals surface area (Å²) in [5.41, 5.74) is 8.31. The normalized spacial score (nSPS) is 17.9. The molecule has 2 atom stereocenters. The Morgan fingerprint density at radius 2 is 2.19 bits per heavy atom. The number of pyridine rings is 1. The third-order valence-electron chi connectivity index (χ3n) is 5.15. The summed E-state index contributed by atoms with van der Waals surface area (Å²) in [6, 6.07) is 6.85. The Balaban J connectivity index is 1.58. The van der Waals surface area contributed by atoms with Crippen LogP contribution in [-0.4, -0.2) is 46.0 Å². The Morgan fingerprint density at radius 1 is 1.37 bits per heavy atom. The van der Waals surface area contributed by atoms with E-state index < -0.39 is 5.91 Å². The molecule has 3 N–H and O–H groups in total. The lowest BCUT2D eigenvalue weighted by Gasteiger charge is -2.23. The van der Waals surface area contributed by atoms with E-state index in [4.69, 9.17) is 5.73 Å². The number of hydrogen-bond donors (Lipinski definition) is 2. The van der Waals surface area contributed by atoms with Gasteiger partial charge in [0, 0.05) is 48.3 Å². The number of anilines is 1. The molecule has 0 aromatic carbocycles. The molecule has 1 aliphatic heterocycles. The van der Waals surface area contributed by atoms with Gasteiger partial charge >= 0.3 is 0 Å². The molecule has 27 heavy (non-hydrogen) atoms. The van der Waals surface area contributed by atoms with Crippen molar-refractivity contribution in [3.8, 4) is 0 Å². The highest BCUT2D eigenvalue weighted by Gasteiger charge is 2.27. The number of carbonyl (C=O) groups excluding carboxylic acids is 1. The van der Waals surface area contributed by atoms with Crippen molar-refractivity contribution in [2.75, 3.05) is 18.0 Å². The predicted molar refractivity (Wildman–Crippen MR) is 106 cm³/mol. The average molecular weight is 368 g/mol. The average Bonchev–Trinajstić information content (AvgIpc) is 3.11. The number of primary amides is 1. The molecule has 144 valence electrons. The first kappa shape index (κ1) is 19.2. The lowest BCUT2D eigenvalue weighted by atomic mass is 10.1. The topological polar surface area (TPSA) is 97.0 Å². The van der Waals surface area contributed by atoms with Crippen LogP contribution < -0.4 is 16.0 Å². The summed E-state index contributed by atoms with van der Waals surface area (Å²) in [5.74, 6) is 0.325. The first-order valence-electron chi connectivity index (χ1n) is 9.50. The van der Waals surface area contributed by atoms with Crippen molar-refractivity contribution in [3.05, 3.63) is 47.2 Å². The minimum Gasteiger partial charge on any atom is -0.363 e. The highest BCUT2D eigenvalue weighted by Crippen LogP contribution is 2.24. The second-order valence-electron chi connectivity index (χ2n) is 7.30. The maximum absolute atomic E-state index is 11.5. The standard InChI is InChI=1S/C20H28N6O/c1-13(7-8-16-6-4-5-10-22-16)23-17-9-11-26(12-17)20-14(2)15(3)24-19(25-20)18(21)27/h4-6,10,13,17,23H,7-9,11-12H2,1-3H3,(H2,21,27)/t13?,17-/m1/s1. The number of aromatic nitrogens is 3. The zero-order valence-electron chi connectivity index (χ0n) is 16.3. The predicted octanol–water partition coefficient (Wildman–Crippen LogP) is 1.78. The number of rotatable bonds is 7. The van der Waals surface area contributed by atoms with Crippen LogP contribution in [0, 0.1) is 13.8 Å². The van der Waals surface area contributed by atoms with Gasteiger partial charge in [-0.2, -0.15) is 0 Å². The van der Waals surface area contributed by atoms with Crippen molar-refractivity contribution in [3.63, 3.8) is 0 Å². The molecule has 1 aliphatic rings. The molecule has 0 bridgehead atoms. The molecule has 2 aromatic heterocycles. The van der Waals surface area contributed by atoms with E-state index >= 15 is 0 Å². The number of hydrogen-bond acceptors (Lipinski definition) is 6. The molecule has 1 amide bonds. The van der Waals surface area contributed by atoms with E-state index in [0.717, 1.165) is 55.1 Å². The highest BCUT2D eigenvalue weighted by molar-refractivity contribution is 5.89. The molecule has 2 aromatic rings. The van der Waals surface area contributed by atoms with Crippen molar-refractivity contribution in [2.45, 2.75) is 52.1 Å². The summed E-state index contributed by atoms with van der Waals surface area (Å²) < 4.78 is 0. The summed E-state index contributed by atoms with van der Waals surface area (Å²) >= 11 is 0. The summed E-state index contributed by atoms with van der Waals surface area (Å²) in [4.78, 5) is 26.7. The SMILES string of the molecule is Cc1nc(C(N)=O)nc(N2CC[C@@H](NC(C)CCc3ccccn3)C2)c1C. The van der Waals surface area contributed by atoms with Crippen molar-refractivity contribution in [1.82, 2.24) is 20.3 Å². The van der Waals surface area contributed by atoms with E-state index in [1.54, 1.807) is 0 Å². The Labute approximate surface area is 160 Å². The molecule has 1 saturated heterocycles. The third kappa shape index (κ3) is 4.80. The summed E-state index contributed by atoms with van der Waals surface area (Å²) in [6.45, 7) is 7.87. The molecule has 1 fully saturated rings. The van der Waals surface area contributed by atoms with Crippen LogP contribution in [0.2, 0.25) is 0 Å². The molecule has 3 rings (SSSR count). The Bertz CT molecular complexity index is 795. The molecule has 3 heterocycles. The van der Waals surface area contributed by atoms with E-state index in [1.165, 1.54) is 0 Å². The number of amides is 1. The zero-order valence-corrected chi connectivity index (χ0v) is 16.3. The van der Waals surface area contributed by atoms with E-state index in [2.05, 4.69) is 38.2 Å². The summed E-state index contributed by atoms with van der Waals surface area (Å²) in [6.07, 6.45) is 4.90. The van der Waals surface area contributed by atoms with Gasteiger partial charge in [0.2, 0.25) is 5.82 Å². The minimum atomic E-state index is -0.587. The van der Waals surface area contributed by atoms with Gasteiger partial charge in [0.15, 0.2) is 0 Å². The number of nitrogens with one attached hydrogen (secondary N) is 1. The first-order valence-corrected chi connectivity index (χ1v) is 9.50. The van der Waals surface area contributed by atoms with E-state index in [1.807, 2.05) is 32.2 Å². The molecule has 0 spiro atoms. The quantitative estimate of drug-likeness (QED) is 0.773. The number of carbonyl (C=O) groups is 1. The fourth-order valence-electron chi connectivity index (χ4n) is 3.52. The lowest BCUT2D eigenvalue weighted by Crippen LogP contribution is -2.39. The van der Waals surface area contributed by atoms with E-state index in [9.17, 15) is 4.79 Å². The van der Waals surface area contributed by atoms with E-state index in [0.29, 0.717) is 12.1 Å². The monoisotopic (exact) mass is 368 g/mol. The molecular weight excluding hydrogens is 340 g/mol. The second kappa shape index (κ2) is 8.43. The molecule has 7 heteroatoms. The van der Waals surface area contributed by atoms with Gasteiger partial charge in [-0.15, -0.1) is 0 Å². The van der Waals surface area contributed by atoms with Gasteiger partial charge in [-0.3, -0.25) is 9.78 Å². The van der Waals surface area contributed by atoms with Crippen LogP contribution in [0.1, 0.15) is 47.3 Å². The van der Waals surface area contributed by atoms with Crippen LogP contribution in [0.25, 0.3) is 0 Å². The summed E-state index contributed by atoms with van der Waals surface area (Å²) in [5, 5.41) is 3.72. The summed E-state index contributed by atoms with van der Waals surface area (Å²) in [7, 11) is 0. The van der Waals surface area contributed by atoms with Crippen LogP contribution in [0.5, 0.6) is 0 Å². The molecule has 7 nitrogen and oxygen atoms in total. The Morgan fingerprint density at radius 3 is 2.89 bits per heavy atom. The Hall–Kier alpha value is -2.54. The maximum atomic E-state index is 11.5. The largest absolute Gasteiger partial charge is 0.363 e. The van der Waals surface area contributed by atoms with Gasteiger partial charge in [0.25, 0.3) is 5.91 Å². The fraction of sp³-hybridized carbons (Fsp3) is 0.500. The maximum Gasteiger partial charge on any atom is 0.286 e. The number of nitrogens with zero attached hydrogens (tertiary/aromatic N) is 4. The van der Waals surface area contributed by atoms with E-state index in [-0.39, 0.29) is 5.82 Å². The smallest absolute Gasteiger partial charge is 0.286 e. The van der Waals surface area contributed by atoms with Gasteiger partial charge in [-0.25, -0.2) is 9.97 Å². The number of nitrogens with two attached hydrogens (primary N) is 1. The van der Waals surface area contributed by atoms with Crippen molar-refractivity contribution < 1.29 is 4.79 Å². The van der Waals surface area contributed by atoms with Crippen molar-refractivity contribution in [2.24, 2.45) is 5.73 Å². The third-order valence-corrected chi connectivity index (χ3v) is 5.15. The lowest BCUT2D eigenvalue weighted by molar-refractivity contribution is 0.0990. The zero-order chi connectivity index (χ0) is 19.4. The van der Waals surface area contributed by atoms with Crippen LogP contribution in [0.4, 0.5) is 5.82 Å². The Kier molecular flexibility index (Phi) is 6.01. The van der Waals surface area contributed by atoms with Crippen molar-refractivity contribution >= 4 is 11.7 Å². The fourth-order valence-corrected chi connectivity index (χ4v) is 3.52. The minimum absolute atomic E-state index is 0.0910. The second-order valence-corrected chi connectivity index (χ2v) is 7.30. The van der Waals surface area contributed by atoms with Crippen LogP contribution in [-0.2, 0) is 6.42 Å². The molecule has 0 radical (unpaired) electrons. The molecule has 0 aliphatic carbocycles. The van der Waals surface area contributed by atoms with Gasteiger partial charge in [0.1, 0.15) is 5.82 Å². The van der Waals surface area contributed by atoms with Gasteiger partial charge < -0.3 is 16.0 Å². The molecular formula is C20H28N6O.